The number of hydrogen-bond donors (Lipinski definition) is 1. The third-order valence-electron chi connectivity index (χ3n) is 3.15. The minimum atomic E-state index is -0.808. The van der Waals surface area contributed by atoms with E-state index < -0.39 is 11.6 Å². The molecule has 1 nitrogen and oxygen atoms in total. The molecular formula is C16H16BrF2N. The molecule has 0 saturated heterocycles. The number of likely N-dealkylation sites (N-methyl/N-ethyl adjacent to an activating group) is 1. The highest BCUT2D eigenvalue weighted by molar-refractivity contribution is 9.10. The van der Waals surface area contributed by atoms with Crippen LogP contribution in [-0.2, 0) is 6.42 Å². The second-order valence-corrected chi connectivity index (χ2v) is 5.53. The zero-order chi connectivity index (χ0) is 14.5. The molecule has 1 unspecified atom stereocenters. The van der Waals surface area contributed by atoms with Crippen LogP contribution in [-0.4, -0.2) is 6.54 Å². The minimum absolute atomic E-state index is 0.0814. The van der Waals surface area contributed by atoms with E-state index in [1.54, 1.807) is 6.07 Å². The lowest BCUT2D eigenvalue weighted by Gasteiger charge is -2.18. The maximum atomic E-state index is 13.3. The van der Waals surface area contributed by atoms with Gasteiger partial charge in [0.2, 0.25) is 0 Å². The molecule has 0 aliphatic rings. The molecule has 4 heteroatoms. The first-order valence-electron chi connectivity index (χ1n) is 6.53. The smallest absolute Gasteiger partial charge is 0.159 e. The van der Waals surface area contributed by atoms with Crippen molar-refractivity contribution in [3.05, 3.63) is 69.7 Å². The lowest BCUT2D eigenvalue weighted by molar-refractivity contribution is 0.502. The molecule has 0 aliphatic heterocycles. The van der Waals surface area contributed by atoms with E-state index in [1.807, 2.05) is 31.2 Å². The lowest BCUT2D eigenvalue weighted by Crippen LogP contribution is -2.23. The minimum Gasteiger partial charge on any atom is -0.310 e. The lowest BCUT2D eigenvalue weighted by atomic mass is 9.99. The van der Waals surface area contributed by atoms with Gasteiger partial charge in [-0.3, -0.25) is 0 Å². The molecule has 0 spiro atoms. The second kappa shape index (κ2) is 6.95. The Morgan fingerprint density at radius 1 is 1.05 bits per heavy atom. The van der Waals surface area contributed by atoms with E-state index >= 15 is 0 Å². The van der Waals surface area contributed by atoms with Crippen LogP contribution in [0.1, 0.15) is 24.1 Å². The van der Waals surface area contributed by atoms with Gasteiger partial charge >= 0.3 is 0 Å². The van der Waals surface area contributed by atoms with Crippen LogP contribution in [0, 0.1) is 11.6 Å². The fraction of sp³-hybridized carbons (Fsp3) is 0.250. The second-order valence-electron chi connectivity index (χ2n) is 4.61. The van der Waals surface area contributed by atoms with Gasteiger partial charge in [0, 0.05) is 10.5 Å². The topological polar surface area (TPSA) is 12.0 Å². The van der Waals surface area contributed by atoms with Crippen molar-refractivity contribution < 1.29 is 8.78 Å². The standard InChI is InChI=1S/C16H16BrF2N/c1-2-20-16(12-4-6-13(17)7-5-12)10-11-3-8-14(18)15(19)9-11/h3-9,16,20H,2,10H2,1H3. The summed E-state index contributed by atoms with van der Waals surface area (Å²) < 4.78 is 27.2. The molecule has 2 aromatic rings. The number of halogens is 3. The zero-order valence-electron chi connectivity index (χ0n) is 11.2. The Kier molecular flexibility index (Phi) is 5.26. The van der Waals surface area contributed by atoms with Crippen LogP contribution in [0.2, 0.25) is 0 Å². The fourth-order valence-corrected chi connectivity index (χ4v) is 2.42. The summed E-state index contributed by atoms with van der Waals surface area (Å²) in [5, 5.41) is 3.37. The highest BCUT2D eigenvalue weighted by Crippen LogP contribution is 2.21. The largest absolute Gasteiger partial charge is 0.310 e. The van der Waals surface area contributed by atoms with Crippen molar-refractivity contribution in [2.24, 2.45) is 0 Å². The maximum Gasteiger partial charge on any atom is 0.159 e. The van der Waals surface area contributed by atoms with E-state index in [1.165, 1.54) is 12.1 Å². The van der Waals surface area contributed by atoms with E-state index in [0.29, 0.717) is 6.42 Å². The van der Waals surface area contributed by atoms with Gasteiger partial charge < -0.3 is 5.32 Å². The Morgan fingerprint density at radius 3 is 2.35 bits per heavy atom. The molecule has 0 fully saturated rings. The Hall–Kier alpha value is -1.26. The number of hydrogen-bond acceptors (Lipinski definition) is 1. The molecule has 0 saturated carbocycles. The van der Waals surface area contributed by atoms with Crippen molar-refractivity contribution >= 4 is 15.9 Å². The molecule has 106 valence electrons. The van der Waals surface area contributed by atoms with Crippen LogP contribution in [0.4, 0.5) is 8.78 Å². The Bertz CT molecular complexity index is 569. The van der Waals surface area contributed by atoms with Gasteiger partial charge in [-0.15, -0.1) is 0 Å². The van der Waals surface area contributed by atoms with E-state index in [4.69, 9.17) is 0 Å². The van der Waals surface area contributed by atoms with Crippen LogP contribution in [0.3, 0.4) is 0 Å². The van der Waals surface area contributed by atoms with E-state index in [9.17, 15) is 8.78 Å². The molecule has 0 aromatic heterocycles. The van der Waals surface area contributed by atoms with Crippen LogP contribution in [0.15, 0.2) is 46.9 Å². The van der Waals surface area contributed by atoms with Crippen molar-refractivity contribution in [3.8, 4) is 0 Å². The highest BCUT2D eigenvalue weighted by atomic mass is 79.9. The molecule has 20 heavy (non-hydrogen) atoms. The molecule has 0 bridgehead atoms. The van der Waals surface area contributed by atoms with Gasteiger partial charge in [0.15, 0.2) is 11.6 Å². The maximum absolute atomic E-state index is 13.3. The zero-order valence-corrected chi connectivity index (χ0v) is 12.8. The molecule has 1 N–H and O–H groups in total. The van der Waals surface area contributed by atoms with Crippen molar-refractivity contribution in [1.82, 2.24) is 5.32 Å². The van der Waals surface area contributed by atoms with Gasteiger partial charge in [0.05, 0.1) is 0 Å². The fourth-order valence-electron chi connectivity index (χ4n) is 2.15. The molecule has 0 aliphatic carbocycles. The first-order chi connectivity index (χ1) is 9.60. The molecule has 0 amide bonds. The van der Waals surface area contributed by atoms with Crippen LogP contribution >= 0.6 is 15.9 Å². The highest BCUT2D eigenvalue weighted by Gasteiger charge is 2.12. The summed E-state index contributed by atoms with van der Waals surface area (Å²) in [7, 11) is 0. The Balaban J connectivity index is 2.20. The third-order valence-corrected chi connectivity index (χ3v) is 3.68. The summed E-state index contributed by atoms with van der Waals surface area (Å²) >= 11 is 3.41. The average Bonchev–Trinajstić information content (AvgIpc) is 2.43. The summed E-state index contributed by atoms with van der Waals surface area (Å²) in [6.45, 7) is 2.83. The summed E-state index contributed by atoms with van der Waals surface area (Å²) in [5.41, 5.74) is 1.90. The quantitative estimate of drug-likeness (QED) is 0.837. The van der Waals surface area contributed by atoms with Crippen LogP contribution in [0.5, 0.6) is 0 Å². The summed E-state index contributed by atoms with van der Waals surface area (Å²) in [5.74, 6) is -1.61. The number of nitrogens with one attached hydrogen (secondary N) is 1. The summed E-state index contributed by atoms with van der Waals surface area (Å²) in [6.07, 6.45) is 0.618. The van der Waals surface area contributed by atoms with Gasteiger partial charge in [0.1, 0.15) is 0 Å². The molecule has 2 aromatic carbocycles. The first-order valence-corrected chi connectivity index (χ1v) is 7.32. The van der Waals surface area contributed by atoms with Gasteiger partial charge in [-0.1, -0.05) is 41.1 Å². The monoisotopic (exact) mass is 339 g/mol. The SMILES string of the molecule is CCNC(Cc1ccc(F)c(F)c1)c1ccc(Br)cc1. The number of benzene rings is 2. The van der Waals surface area contributed by atoms with E-state index in [2.05, 4.69) is 21.2 Å². The van der Waals surface area contributed by atoms with Crippen molar-refractivity contribution in [2.75, 3.05) is 6.54 Å². The molecule has 1 atom stereocenters. The summed E-state index contributed by atoms with van der Waals surface area (Å²) in [4.78, 5) is 0. The molecule has 0 heterocycles. The van der Waals surface area contributed by atoms with E-state index in [-0.39, 0.29) is 6.04 Å². The Morgan fingerprint density at radius 2 is 1.75 bits per heavy atom. The normalized spacial score (nSPS) is 12.4. The predicted octanol–water partition coefficient (Wildman–Crippen LogP) is 4.62. The number of rotatable bonds is 5. The van der Waals surface area contributed by atoms with Crippen molar-refractivity contribution in [1.29, 1.82) is 0 Å². The van der Waals surface area contributed by atoms with Crippen LogP contribution < -0.4 is 5.32 Å². The summed E-state index contributed by atoms with van der Waals surface area (Å²) in [6, 6.07) is 12.2. The van der Waals surface area contributed by atoms with Crippen molar-refractivity contribution in [3.63, 3.8) is 0 Å². The third kappa shape index (κ3) is 3.87. The van der Waals surface area contributed by atoms with Crippen molar-refractivity contribution in [2.45, 2.75) is 19.4 Å². The molecular weight excluding hydrogens is 324 g/mol. The predicted molar refractivity (Wildman–Crippen MR) is 80.6 cm³/mol. The van der Waals surface area contributed by atoms with Crippen LogP contribution in [0.25, 0.3) is 0 Å². The molecule has 0 radical (unpaired) electrons. The first kappa shape index (κ1) is 15.1. The van der Waals surface area contributed by atoms with Gasteiger partial charge in [0.25, 0.3) is 0 Å². The van der Waals surface area contributed by atoms with Gasteiger partial charge in [-0.2, -0.15) is 0 Å². The van der Waals surface area contributed by atoms with Gasteiger partial charge in [-0.25, -0.2) is 8.78 Å². The van der Waals surface area contributed by atoms with Gasteiger partial charge in [-0.05, 0) is 48.4 Å². The molecule has 2 rings (SSSR count). The Labute approximate surface area is 126 Å². The van der Waals surface area contributed by atoms with E-state index in [0.717, 1.165) is 22.1 Å². The average molecular weight is 340 g/mol.